The number of pyridine rings is 1. The minimum absolute atomic E-state index is 0.0397. The van der Waals surface area contributed by atoms with Crippen molar-refractivity contribution in [2.45, 2.75) is 103 Å². The first kappa shape index (κ1) is 37.0. The summed E-state index contributed by atoms with van der Waals surface area (Å²) in [6.07, 6.45) is 4.73. The lowest BCUT2D eigenvalue weighted by molar-refractivity contribution is -0.143. The number of halogens is 1. The summed E-state index contributed by atoms with van der Waals surface area (Å²) in [7, 11) is -3.78. The van der Waals surface area contributed by atoms with Crippen LogP contribution in [-0.4, -0.2) is 90.3 Å². The molecule has 3 amide bonds. The fourth-order valence-electron chi connectivity index (χ4n) is 5.23. The summed E-state index contributed by atoms with van der Waals surface area (Å²) in [6.45, 7) is 10.7. The van der Waals surface area contributed by atoms with Gasteiger partial charge in [-0.1, -0.05) is 51.6 Å². The topological polar surface area (TPSA) is 202 Å². The highest BCUT2D eigenvalue weighted by Gasteiger charge is 2.46. The van der Waals surface area contributed by atoms with Crippen molar-refractivity contribution in [3.05, 3.63) is 23.4 Å². The molecule has 1 aliphatic heterocycles. The average molecular weight is 684 g/mol. The zero-order chi connectivity index (χ0) is 34.6. The zero-order valence-electron chi connectivity index (χ0n) is 27.4. The largest absolute Gasteiger partial charge is 0.472 e. The molecule has 46 heavy (non-hydrogen) atoms. The molecular formula is C30H46ClN7O7S. The Morgan fingerprint density at radius 2 is 1.80 bits per heavy atom. The number of carbonyl (C=O) groups excluding carboxylic acids is 4. The minimum Gasteiger partial charge on any atom is -0.472 e. The molecule has 2 fully saturated rings. The molecule has 14 nitrogen and oxygen atoms in total. The Balaban J connectivity index is 2.00. The second kappa shape index (κ2) is 14.5. The second-order valence-corrected chi connectivity index (χ2v) is 16.3. The van der Waals surface area contributed by atoms with Gasteiger partial charge in [-0.25, -0.2) is 18.4 Å². The highest BCUT2D eigenvalue weighted by Crippen LogP contribution is 2.32. The van der Waals surface area contributed by atoms with E-state index < -0.39 is 68.7 Å². The molecule has 1 aliphatic carbocycles. The summed E-state index contributed by atoms with van der Waals surface area (Å²) in [5.74, 6) is -3.01. The van der Waals surface area contributed by atoms with Gasteiger partial charge in [-0.05, 0) is 44.6 Å². The number of ether oxygens (including phenoxy) is 1. The van der Waals surface area contributed by atoms with E-state index in [0.717, 1.165) is 25.5 Å². The number of sulfonamides is 1. The Labute approximate surface area is 275 Å². The van der Waals surface area contributed by atoms with Gasteiger partial charge in [-0.15, -0.1) is 0 Å². The zero-order valence-corrected chi connectivity index (χ0v) is 29.0. The number of likely N-dealkylation sites (tertiary alicyclic amines) is 1. The summed E-state index contributed by atoms with van der Waals surface area (Å²) >= 11 is 5.96. The molecule has 3 rings (SSSR count). The van der Waals surface area contributed by atoms with Crippen LogP contribution in [0.2, 0.25) is 5.02 Å². The number of rotatable bonds is 11. The van der Waals surface area contributed by atoms with E-state index in [-0.39, 0.29) is 37.1 Å². The molecule has 0 spiro atoms. The standard InChI is InChI=1S/C30H46ClN7O7S/c1-29(2,3)24(35-28(36-30(4,5)6)37-46(7,43)44)27(42)38-16-19(45-22-12-11-18(31)15-33-22)14-21(38)26(41)34-20(23(39)25(32)40)13-17-9-8-10-17/h11-12,15,17,19-21,24H,8-10,13-14,16H2,1-7H3,(H2,32,40)(H,34,41)(H2,35,36,37)/t19-,20?,21+,24-/m1/s1. The Bertz CT molecular complexity index is 1430. The predicted octanol–water partition coefficient (Wildman–Crippen LogP) is 1.52. The van der Waals surface area contributed by atoms with Gasteiger partial charge < -0.3 is 26.0 Å². The number of aromatic nitrogens is 1. The highest BCUT2D eigenvalue weighted by atomic mass is 35.5. The van der Waals surface area contributed by atoms with Crippen molar-refractivity contribution in [1.29, 1.82) is 0 Å². The third-order valence-electron chi connectivity index (χ3n) is 7.59. The lowest BCUT2D eigenvalue weighted by Crippen LogP contribution is -2.56. The van der Waals surface area contributed by atoms with Gasteiger partial charge in [0.05, 0.1) is 23.9 Å². The first-order valence-corrected chi connectivity index (χ1v) is 17.5. The lowest BCUT2D eigenvalue weighted by Gasteiger charge is -2.34. The highest BCUT2D eigenvalue weighted by molar-refractivity contribution is 7.89. The van der Waals surface area contributed by atoms with Gasteiger partial charge in [0.25, 0.3) is 5.91 Å². The molecular weight excluding hydrogens is 638 g/mol. The van der Waals surface area contributed by atoms with Crippen LogP contribution in [0.5, 0.6) is 5.88 Å². The van der Waals surface area contributed by atoms with E-state index in [9.17, 15) is 27.6 Å². The SMILES string of the molecule is CC(C)(C)NC(=N[C@H](C(=O)N1C[C@H](Oc2ccc(Cl)cn2)C[C@H]1C(=O)NC(CC1CCC1)C(=O)C(N)=O)C(C)(C)C)NS(C)(=O)=O. The Morgan fingerprint density at radius 3 is 2.28 bits per heavy atom. The van der Waals surface area contributed by atoms with Crippen molar-refractivity contribution in [3.8, 4) is 5.88 Å². The molecule has 1 aromatic heterocycles. The maximum Gasteiger partial charge on any atom is 0.287 e. The summed E-state index contributed by atoms with van der Waals surface area (Å²) in [5.41, 5.74) is 3.85. The quantitative estimate of drug-likeness (QED) is 0.152. The van der Waals surface area contributed by atoms with Crippen molar-refractivity contribution < 1.29 is 32.3 Å². The maximum atomic E-state index is 14.4. The van der Waals surface area contributed by atoms with E-state index in [2.05, 4.69) is 25.3 Å². The first-order valence-electron chi connectivity index (χ1n) is 15.2. The second-order valence-electron chi connectivity index (χ2n) is 14.1. The van der Waals surface area contributed by atoms with Crippen LogP contribution in [0.3, 0.4) is 0 Å². The molecule has 0 bridgehead atoms. The molecule has 1 saturated carbocycles. The molecule has 16 heteroatoms. The van der Waals surface area contributed by atoms with Crippen LogP contribution in [0.4, 0.5) is 0 Å². The molecule has 2 heterocycles. The van der Waals surface area contributed by atoms with E-state index in [1.165, 1.54) is 11.1 Å². The monoisotopic (exact) mass is 683 g/mol. The summed E-state index contributed by atoms with van der Waals surface area (Å²) in [5, 5.41) is 6.09. The Hall–Kier alpha value is -3.46. The number of nitrogens with two attached hydrogens (primary N) is 1. The molecule has 4 atom stereocenters. The van der Waals surface area contributed by atoms with Gasteiger partial charge in [0.1, 0.15) is 18.2 Å². The number of primary amides is 1. The van der Waals surface area contributed by atoms with Crippen molar-refractivity contribution in [3.63, 3.8) is 0 Å². The number of nitrogens with one attached hydrogen (secondary N) is 3. The van der Waals surface area contributed by atoms with Gasteiger partial charge >= 0.3 is 0 Å². The molecule has 2 aliphatic rings. The van der Waals surface area contributed by atoms with Gasteiger partial charge in [0.2, 0.25) is 39.5 Å². The van der Waals surface area contributed by atoms with E-state index >= 15 is 0 Å². The average Bonchev–Trinajstić information content (AvgIpc) is 3.30. The predicted molar refractivity (Wildman–Crippen MR) is 173 cm³/mol. The number of hydrogen-bond donors (Lipinski definition) is 4. The maximum absolute atomic E-state index is 14.4. The molecule has 1 saturated heterocycles. The summed E-state index contributed by atoms with van der Waals surface area (Å²) in [6, 6.07) is -0.257. The van der Waals surface area contributed by atoms with Crippen LogP contribution in [0.1, 0.15) is 73.6 Å². The van der Waals surface area contributed by atoms with Gasteiger partial charge in [0, 0.05) is 24.2 Å². The van der Waals surface area contributed by atoms with Crippen molar-refractivity contribution >= 4 is 51.1 Å². The van der Waals surface area contributed by atoms with Crippen LogP contribution in [0.15, 0.2) is 23.3 Å². The van der Waals surface area contributed by atoms with Gasteiger partial charge in [0.15, 0.2) is 0 Å². The van der Waals surface area contributed by atoms with Crippen LogP contribution >= 0.6 is 11.6 Å². The number of Topliss-reactive ketones (excluding diaryl/α,β-unsaturated/α-hetero) is 1. The van der Waals surface area contributed by atoms with E-state index in [0.29, 0.717) is 5.02 Å². The molecule has 5 N–H and O–H groups in total. The number of ketones is 1. The molecule has 0 radical (unpaired) electrons. The van der Waals surface area contributed by atoms with Crippen LogP contribution in [0, 0.1) is 11.3 Å². The van der Waals surface area contributed by atoms with Crippen molar-refractivity contribution in [2.75, 3.05) is 12.8 Å². The molecule has 256 valence electrons. The molecule has 0 aromatic carbocycles. The van der Waals surface area contributed by atoms with Crippen molar-refractivity contribution in [1.82, 2.24) is 25.2 Å². The minimum atomic E-state index is -3.78. The van der Waals surface area contributed by atoms with E-state index in [4.69, 9.17) is 22.1 Å². The van der Waals surface area contributed by atoms with Crippen molar-refractivity contribution in [2.24, 2.45) is 22.1 Å². The number of nitrogens with zero attached hydrogens (tertiary/aromatic N) is 3. The molecule has 1 aromatic rings. The fourth-order valence-corrected chi connectivity index (χ4v) is 5.80. The lowest BCUT2D eigenvalue weighted by atomic mass is 9.80. The number of carbonyl (C=O) groups is 4. The molecule has 1 unspecified atom stereocenters. The summed E-state index contributed by atoms with van der Waals surface area (Å²) < 4.78 is 32.8. The van der Waals surface area contributed by atoms with Gasteiger partial charge in [-0.3, -0.25) is 23.9 Å². The van der Waals surface area contributed by atoms with Crippen LogP contribution in [-0.2, 0) is 29.2 Å². The number of hydrogen-bond acceptors (Lipinski definition) is 9. The van der Waals surface area contributed by atoms with Gasteiger partial charge in [-0.2, -0.15) is 0 Å². The number of aliphatic imine (C=N–C) groups is 1. The third kappa shape index (κ3) is 10.8. The normalized spacial score (nSPS) is 20.7. The first-order chi connectivity index (χ1) is 21.1. The number of guanidine groups is 1. The Kier molecular flexibility index (Phi) is 11.7. The smallest absolute Gasteiger partial charge is 0.287 e. The van der Waals surface area contributed by atoms with Crippen LogP contribution < -0.4 is 25.8 Å². The third-order valence-corrected chi connectivity index (χ3v) is 8.38. The fraction of sp³-hybridized carbons (Fsp3) is 0.667. The van der Waals surface area contributed by atoms with E-state index in [1.54, 1.807) is 53.7 Å². The van der Waals surface area contributed by atoms with E-state index in [1.807, 2.05) is 0 Å². The number of amides is 3. The Morgan fingerprint density at radius 1 is 1.15 bits per heavy atom. The van der Waals surface area contributed by atoms with Crippen LogP contribution in [0.25, 0.3) is 0 Å². The summed E-state index contributed by atoms with van der Waals surface area (Å²) in [4.78, 5) is 62.8.